The molecule has 8 heteroatoms. The lowest BCUT2D eigenvalue weighted by Gasteiger charge is -2.32. The predicted molar refractivity (Wildman–Crippen MR) is 80.5 cm³/mol. The molecule has 1 heterocycles. The quantitative estimate of drug-likeness (QED) is 0.851. The lowest BCUT2D eigenvalue weighted by molar-refractivity contribution is -0.00953. The minimum Gasteiger partial charge on any atom is -0.486 e. The molecule has 1 aromatic carbocycles. The summed E-state index contributed by atoms with van der Waals surface area (Å²) in [5.74, 6) is 0.573. The molecule has 0 aliphatic carbocycles. The number of ether oxygens (including phenoxy) is 2. The van der Waals surface area contributed by atoms with Crippen molar-refractivity contribution in [1.82, 2.24) is 9.03 Å². The molecule has 1 saturated heterocycles. The molecule has 0 spiro atoms. The van der Waals surface area contributed by atoms with Crippen molar-refractivity contribution in [2.45, 2.75) is 18.6 Å². The zero-order chi connectivity index (χ0) is 16.2. The van der Waals surface area contributed by atoms with Crippen molar-refractivity contribution >= 4 is 10.2 Å². The van der Waals surface area contributed by atoms with Crippen LogP contribution in [0, 0.1) is 11.3 Å². The maximum atomic E-state index is 12.0. The number of nitrogens with zero attached hydrogens (tertiary/aromatic N) is 2. The number of rotatable bonds is 5. The summed E-state index contributed by atoms with van der Waals surface area (Å²) < 4.78 is 38.9. The summed E-state index contributed by atoms with van der Waals surface area (Å²) in [5, 5.41) is 8.78. The average molecular weight is 325 g/mol. The van der Waals surface area contributed by atoms with E-state index in [1.807, 2.05) is 6.07 Å². The SMILES string of the molecule is CN(C)S(=O)(=O)N[C@@H]1CCOC[C@H]1Oc1ccc(C#N)cc1. The highest BCUT2D eigenvalue weighted by molar-refractivity contribution is 7.87. The molecule has 0 unspecified atom stereocenters. The molecule has 0 aromatic heterocycles. The summed E-state index contributed by atoms with van der Waals surface area (Å²) in [5.41, 5.74) is 0.539. The van der Waals surface area contributed by atoms with E-state index in [9.17, 15) is 8.42 Å². The zero-order valence-electron chi connectivity index (χ0n) is 12.5. The summed E-state index contributed by atoms with van der Waals surface area (Å²) in [6.07, 6.45) is 0.116. The van der Waals surface area contributed by atoms with Gasteiger partial charge in [0.2, 0.25) is 0 Å². The molecule has 1 aliphatic heterocycles. The molecular formula is C14H19N3O4S. The molecule has 1 aromatic rings. The van der Waals surface area contributed by atoms with Crippen LogP contribution >= 0.6 is 0 Å². The highest BCUT2D eigenvalue weighted by Crippen LogP contribution is 2.19. The van der Waals surface area contributed by atoms with Crippen molar-refractivity contribution < 1.29 is 17.9 Å². The normalized spacial score (nSPS) is 22.3. The van der Waals surface area contributed by atoms with Gasteiger partial charge in [0.25, 0.3) is 10.2 Å². The Morgan fingerprint density at radius 1 is 1.36 bits per heavy atom. The van der Waals surface area contributed by atoms with Crippen LogP contribution in [-0.4, -0.2) is 52.2 Å². The van der Waals surface area contributed by atoms with Crippen LogP contribution in [0.3, 0.4) is 0 Å². The van der Waals surface area contributed by atoms with Gasteiger partial charge in [-0.2, -0.15) is 22.7 Å². The number of nitriles is 1. The van der Waals surface area contributed by atoms with Gasteiger partial charge in [-0.3, -0.25) is 0 Å². The van der Waals surface area contributed by atoms with Crippen molar-refractivity contribution in [3.63, 3.8) is 0 Å². The molecule has 7 nitrogen and oxygen atoms in total. The lowest BCUT2D eigenvalue weighted by Crippen LogP contribution is -2.53. The van der Waals surface area contributed by atoms with Gasteiger partial charge in [0.1, 0.15) is 11.9 Å². The first-order chi connectivity index (χ1) is 10.4. The van der Waals surface area contributed by atoms with Gasteiger partial charge < -0.3 is 9.47 Å². The first-order valence-corrected chi connectivity index (χ1v) is 8.31. The number of benzene rings is 1. The van der Waals surface area contributed by atoms with Gasteiger partial charge in [-0.05, 0) is 30.7 Å². The maximum Gasteiger partial charge on any atom is 0.279 e. The molecule has 120 valence electrons. The summed E-state index contributed by atoms with van der Waals surface area (Å²) in [4.78, 5) is 0. The Labute approximate surface area is 130 Å². The van der Waals surface area contributed by atoms with Crippen LogP contribution in [0.1, 0.15) is 12.0 Å². The topological polar surface area (TPSA) is 91.7 Å². The number of nitrogens with one attached hydrogen (secondary N) is 1. The van der Waals surface area contributed by atoms with E-state index in [4.69, 9.17) is 14.7 Å². The maximum absolute atomic E-state index is 12.0. The van der Waals surface area contributed by atoms with E-state index in [-0.39, 0.29) is 6.04 Å². The molecule has 0 bridgehead atoms. The van der Waals surface area contributed by atoms with Crippen LogP contribution in [-0.2, 0) is 14.9 Å². The van der Waals surface area contributed by atoms with E-state index in [0.717, 1.165) is 4.31 Å². The van der Waals surface area contributed by atoms with Crippen LogP contribution in [0.2, 0.25) is 0 Å². The third-order valence-corrected chi connectivity index (χ3v) is 4.92. The number of hydrogen-bond donors (Lipinski definition) is 1. The van der Waals surface area contributed by atoms with Gasteiger partial charge in [-0.25, -0.2) is 0 Å². The Bertz CT molecular complexity index is 637. The standard InChI is InChI=1S/C14H19N3O4S/c1-17(2)22(18,19)16-13-7-8-20-10-14(13)21-12-5-3-11(9-15)4-6-12/h3-6,13-14,16H,7-8,10H2,1-2H3/t13-,14-/m1/s1. The van der Waals surface area contributed by atoms with Crippen molar-refractivity contribution in [2.75, 3.05) is 27.3 Å². The minimum absolute atomic E-state index is 0.306. The van der Waals surface area contributed by atoms with Crippen LogP contribution in [0.5, 0.6) is 5.75 Å². The van der Waals surface area contributed by atoms with Gasteiger partial charge in [0, 0.05) is 20.7 Å². The van der Waals surface area contributed by atoms with Gasteiger partial charge in [0.05, 0.1) is 24.3 Å². The van der Waals surface area contributed by atoms with Crippen LogP contribution in [0.15, 0.2) is 24.3 Å². The first kappa shape index (κ1) is 16.7. The number of hydrogen-bond acceptors (Lipinski definition) is 5. The van der Waals surface area contributed by atoms with Crippen molar-refractivity contribution in [1.29, 1.82) is 5.26 Å². The van der Waals surface area contributed by atoms with Gasteiger partial charge in [0.15, 0.2) is 0 Å². The highest BCUT2D eigenvalue weighted by Gasteiger charge is 2.31. The molecule has 1 N–H and O–H groups in total. The zero-order valence-corrected chi connectivity index (χ0v) is 13.3. The van der Waals surface area contributed by atoms with Crippen LogP contribution < -0.4 is 9.46 Å². The Hall–Kier alpha value is -1.66. The largest absolute Gasteiger partial charge is 0.486 e. The first-order valence-electron chi connectivity index (χ1n) is 6.87. The molecule has 0 amide bonds. The molecule has 2 rings (SSSR count). The smallest absolute Gasteiger partial charge is 0.279 e. The lowest BCUT2D eigenvalue weighted by atomic mass is 10.1. The summed E-state index contributed by atoms with van der Waals surface area (Å²) in [7, 11) is -0.588. The molecule has 0 radical (unpaired) electrons. The molecule has 22 heavy (non-hydrogen) atoms. The average Bonchev–Trinajstić information content (AvgIpc) is 2.49. The van der Waals surface area contributed by atoms with Gasteiger partial charge >= 0.3 is 0 Å². The summed E-state index contributed by atoms with van der Waals surface area (Å²) in [6, 6.07) is 8.34. The van der Waals surface area contributed by atoms with Gasteiger partial charge in [-0.15, -0.1) is 0 Å². The summed E-state index contributed by atoms with van der Waals surface area (Å²) in [6.45, 7) is 0.786. The fraction of sp³-hybridized carbons (Fsp3) is 0.500. The summed E-state index contributed by atoms with van der Waals surface area (Å²) >= 11 is 0. The van der Waals surface area contributed by atoms with E-state index >= 15 is 0 Å². The van der Waals surface area contributed by atoms with E-state index < -0.39 is 16.3 Å². The van der Waals surface area contributed by atoms with Gasteiger partial charge in [-0.1, -0.05) is 0 Å². The van der Waals surface area contributed by atoms with Crippen molar-refractivity contribution in [2.24, 2.45) is 0 Å². The van der Waals surface area contributed by atoms with Crippen molar-refractivity contribution in [3.05, 3.63) is 29.8 Å². The third-order valence-electron chi connectivity index (χ3n) is 3.36. The molecule has 2 atom stereocenters. The third kappa shape index (κ3) is 4.18. The highest BCUT2D eigenvalue weighted by atomic mass is 32.2. The second-order valence-corrected chi connectivity index (χ2v) is 7.08. The second kappa shape index (κ2) is 7.07. The van der Waals surface area contributed by atoms with E-state index in [2.05, 4.69) is 4.72 Å². The van der Waals surface area contributed by atoms with Crippen LogP contribution in [0.4, 0.5) is 0 Å². The Balaban J connectivity index is 2.08. The molecule has 0 saturated carbocycles. The Kier molecular flexibility index (Phi) is 5.37. The fourth-order valence-corrected chi connectivity index (χ4v) is 2.91. The predicted octanol–water partition coefficient (Wildman–Crippen LogP) is 0.491. The Morgan fingerprint density at radius 2 is 2.05 bits per heavy atom. The minimum atomic E-state index is -3.53. The van der Waals surface area contributed by atoms with E-state index in [1.54, 1.807) is 24.3 Å². The second-order valence-electron chi connectivity index (χ2n) is 5.17. The van der Waals surface area contributed by atoms with E-state index in [0.29, 0.717) is 30.9 Å². The fourth-order valence-electron chi connectivity index (χ4n) is 2.04. The van der Waals surface area contributed by atoms with Crippen molar-refractivity contribution in [3.8, 4) is 11.8 Å². The van der Waals surface area contributed by atoms with E-state index in [1.165, 1.54) is 14.1 Å². The Morgan fingerprint density at radius 3 is 2.64 bits per heavy atom. The van der Waals surface area contributed by atoms with Crippen LogP contribution in [0.25, 0.3) is 0 Å². The molecular weight excluding hydrogens is 306 g/mol. The molecule has 1 aliphatic rings. The monoisotopic (exact) mass is 325 g/mol. The molecule has 1 fully saturated rings.